The van der Waals surface area contributed by atoms with Crippen LogP contribution in [0.3, 0.4) is 0 Å². The van der Waals surface area contributed by atoms with Gasteiger partial charge in [-0.1, -0.05) is 48.0 Å². The Labute approximate surface area is 168 Å². The zero-order valence-corrected chi connectivity index (χ0v) is 16.5. The average Bonchev–Trinajstić information content (AvgIpc) is 3.09. The number of aliphatic hydroxyl groups excluding tert-OH is 1. The maximum Gasteiger partial charge on any atom is 0.150 e. The van der Waals surface area contributed by atoms with Gasteiger partial charge in [-0.25, -0.2) is 9.97 Å². The van der Waals surface area contributed by atoms with Crippen LogP contribution < -0.4 is 5.32 Å². The van der Waals surface area contributed by atoms with Gasteiger partial charge in [0.15, 0.2) is 5.65 Å². The molecule has 0 amide bonds. The number of aliphatic hydroxyl groups is 1. The lowest BCUT2D eigenvalue weighted by atomic mass is 10.1. The molecule has 0 spiro atoms. The molecule has 6 heteroatoms. The van der Waals surface area contributed by atoms with Crippen LogP contribution in [0.1, 0.15) is 12.5 Å². The second kappa shape index (κ2) is 7.62. The number of halogens is 1. The summed E-state index contributed by atoms with van der Waals surface area (Å²) in [6, 6.07) is 16.1. The van der Waals surface area contributed by atoms with Gasteiger partial charge in [0, 0.05) is 29.0 Å². The van der Waals surface area contributed by atoms with Crippen molar-refractivity contribution in [1.29, 1.82) is 0 Å². The largest absolute Gasteiger partial charge is 0.392 e. The number of fused-ring (bicyclic) bond motifs is 1. The van der Waals surface area contributed by atoms with Gasteiger partial charge in [-0.3, -0.25) is 0 Å². The van der Waals surface area contributed by atoms with Crippen LogP contribution in [0, 0.1) is 6.92 Å². The summed E-state index contributed by atoms with van der Waals surface area (Å²) in [6.45, 7) is 4.13. The third kappa shape index (κ3) is 3.46. The lowest BCUT2D eigenvalue weighted by Crippen LogP contribution is -2.16. The van der Waals surface area contributed by atoms with Gasteiger partial charge in [0.05, 0.1) is 11.5 Å². The Balaban J connectivity index is 1.96. The minimum atomic E-state index is -0.483. The summed E-state index contributed by atoms with van der Waals surface area (Å²) in [4.78, 5) is 8.98. The van der Waals surface area contributed by atoms with Crippen LogP contribution >= 0.6 is 11.6 Å². The van der Waals surface area contributed by atoms with Crippen LogP contribution in [0.15, 0.2) is 61.1 Å². The summed E-state index contributed by atoms with van der Waals surface area (Å²) in [5.41, 5.74) is 4.82. The fraction of sp³-hybridized carbons (Fsp3) is 0.182. The van der Waals surface area contributed by atoms with Crippen molar-refractivity contribution in [3.05, 3.63) is 71.6 Å². The zero-order valence-electron chi connectivity index (χ0n) is 15.7. The van der Waals surface area contributed by atoms with Gasteiger partial charge >= 0.3 is 0 Å². The Morgan fingerprint density at radius 3 is 2.64 bits per heavy atom. The molecule has 0 aliphatic rings. The van der Waals surface area contributed by atoms with Crippen molar-refractivity contribution < 1.29 is 5.11 Å². The van der Waals surface area contributed by atoms with E-state index in [0.717, 1.165) is 33.4 Å². The summed E-state index contributed by atoms with van der Waals surface area (Å²) in [5, 5.41) is 14.5. The van der Waals surface area contributed by atoms with E-state index in [1.54, 1.807) is 6.92 Å². The molecular weight excluding hydrogens is 372 g/mol. The van der Waals surface area contributed by atoms with Crippen LogP contribution in [0.4, 0.5) is 5.82 Å². The number of aromatic nitrogens is 3. The number of hydrogen-bond donors (Lipinski definition) is 2. The molecule has 4 rings (SSSR count). The Morgan fingerprint density at radius 2 is 1.93 bits per heavy atom. The molecule has 4 aromatic rings. The SMILES string of the molecule is Cc1ccc(-n2cc(-c3ccccc3)c3c(NCC(C)O)ncnc32)cc1Cl. The first-order valence-electron chi connectivity index (χ1n) is 9.14. The van der Waals surface area contributed by atoms with Gasteiger partial charge in [-0.15, -0.1) is 0 Å². The molecule has 0 aliphatic carbocycles. The van der Waals surface area contributed by atoms with Gasteiger partial charge in [0.1, 0.15) is 12.1 Å². The van der Waals surface area contributed by atoms with Crippen LogP contribution in [0.5, 0.6) is 0 Å². The molecule has 0 bridgehead atoms. The summed E-state index contributed by atoms with van der Waals surface area (Å²) < 4.78 is 2.03. The summed E-state index contributed by atoms with van der Waals surface area (Å²) in [6.07, 6.45) is 3.11. The highest BCUT2D eigenvalue weighted by Crippen LogP contribution is 2.35. The van der Waals surface area contributed by atoms with Crippen molar-refractivity contribution in [1.82, 2.24) is 14.5 Å². The fourth-order valence-electron chi connectivity index (χ4n) is 3.21. The van der Waals surface area contributed by atoms with Crippen molar-refractivity contribution in [2.24, 2.45) is 0 Å². The molecule has 0 saturated heterocycles. The monoisotopic (exact) mass is 392 g/mol. The minimum Gasteiger partial charge on any atom is -0.392 e. The molecule has 2 aromatic heterocycles. The van der Waals surface area contributed by atoms with Crippen LogP contribution in [0.2, 0.25) is 5.02 Å². The minimum absolute atomic E-state index is 0.405. The Kier molecular flexibility index (Phi) is 5.03. The fourth-order valence-corrected chi connectivity index (χ4v) is 3.38. The molecule has 2 heterocycles. The standard InChI is InChI=1S/C22H21ClN4O/c1-14-8-9-17(10-19(14)23)27-12-18(16-6-4-3-5-7-16)20-21(24-11-15(2)28)25-13-26-22(20)27/h3-10,12-13,15,28H,11H2,1-2H3,(H,24,25,26). The molecule has 1 unspecified atom stereocenters. The van der Waals surface area contributed by atoms with Crippen molar-refractivity contribution in [2.45, 2.75) is 20.0 Å². The molecule has 5 nitrogen and oxygen atoms in total. The maximum absolute atomic E-state index is 9.69. The van der Waals surface area contributed by atoms with Gasteiger partial charge in [-0.2, -0.15) is 0 Å². The van der Waals surface area contributed by atoms with Crippen LogP contribution in [-0.2, 0) is 0 Å². The number of aryl methyl sites for hydroxylation is 1. The highest BCUT2D eigenvalue weighted by atomic mass is 35.5. The normalized spacial score (nSPS) is 12.3. The second-order valence-electron chi connectivity index (χ2n) is 6.86. The first-order chi connectivity index (χ1) is 13.5. The van der Waals surface area contributed by atoms with E-state index < -0.39 is 6.10 Å². The highest BCUT2D eigenvalue weighted by molar-refractivity contribution is 6.31. The first-order valence-corrected chi connectivity index (χ1v) is 9.52. The predicted octanol–water partition coefficient (Wildman–Crippen LogP) is 4.84. The Bertz CT molecular complexity index is 1120. The zero-order chi connectivity index (χ0) is 19.7. The summed E-state index contributed by atoms with van der Waals surface area (Å²) in [5.74, 6) is 0.696. The Morgan fingerprint density at radius 1 is 1.14 bits per heavy atom. The van der Waals surface area contributed by atoms with E-state index in [1.165, 1.54) is 6.33 Å². The number of hydrogen-bond acceptors (Lipinski definition) is 4. The molecule has 0 aliphatic heterocycles. The number of nitrogens with zero attached hydrogens (tertiary/aromatic N) is 3. The lowest BCUT2D eigenvalue weighted by Gasteiger charge is -2.10. The Hall–Kier alpha value is -2.89. The van der Waals surface area contributed by atoms with Crippen LogP contribution in [0.25, 0.3) is 27.8 Å². The maximum atomic E-state index is 9.69. The molecular formula is C22H21ClN4O. The molecule has 2 aromatic carbocycles. The van der Waals surface area contributed by atoms with Crippen molar-refractivity contribution >= 4 is 28.5 Å². The van der Waals surface area contributed by atoms with Gasteiger partial charge < -0.3 is 15.0 Å². The van der Waals surface area contributed by atoms with E-state index in [1.807, 2.05) is 47.9 Å². The predicted molar refractivity (Wildman–Crippen MR) is 114 cm³/mol. The topological polar surface area (TPSA) is 63.0 Å². The lowest BCUT2D eigenvalue weighted by molar-refractivity contribution is 0.208. The summed E-state index contributed by atoms with van der Waals surface area (Å²) in [7, 11) is 0. The summed E-state index contributed by atoms with van der Waals surface area (Å²) >= 11 is 6.37. The van der Waals surface area contributed by atoms with E-state index in [0.29, 0.717) is 17.4 Å². The van der Waals surface area contributed by atoms with Crippen LogP contribution in [-0.4, -0.2) is 32.3 Å². The van der Waals surface area contributed by atoms with E-state index in [9.17, 15) is 5.11 Å². The molecule has 0 saturated carbocycles. The quantitative estimate of drug-likeness (QED) is 0.510. The molecule has 0 radical (unpaired) electrons. The van der Waals surface area contributed by atoms with Crippen molar-refractivity contribution in [3.63, 3.8) is 0 Å². The third-order valence-electron chi connectivity index (χ3n) is 4.67. The smallest absolute Gasteiger partial charge is 0.150 e. The van der Waals surface area contributed by atoms with Crippen molar-refractivity contribution in [3.8, 4) is 16.8 Å². The highest BCUT2D eigenvalue weighted by Gasteiger charge is 2.17. The first kappa shape index (κ1) is 18.5. The van der Waals surface area contributed by atoms with Gasteiger partial charge in [-0.05, 0) is 37.1 Å². The molecule has 1 atom stereocenters. The van der Waals surface area contributed by atoms with E-state index in [-0.39, 0.29) is 0 Å². The van der Waals surface area contributed by atoms with Gasteiger partial charge in [0.25, 0.3) is 0 Å². The molecule has 0 fully saturated rings. The number of nitrogens with one attached hydrogen (secondary N) is 1. The van der Waals surface area contributed by atoms with E-state index >= 15 is 0 Å². The van der Waals surface area contributed by atoms with Crippen molar-refractivity contribution in [2.75, 3.05) is 11.9 Å². The van der Waals surface area contributed by atoms with E-state index in [2.05, 4.69) is 33.6 Å². The molecule has 2 N–H and O–H groups in total. The number of anilines is 1. The second-order valence-corrected chi connectivity index (χ2v) is 7.27. The van der Waals surface area contributed by atoms with E-state index in [4.69, 9.17) is 11.6 Å². The number of benzene rings is 2. The van der Waals surface area contributed by atoms with Gasteiger partial charge in [0.2, 0.25) is 0 Å². The number of rotatable bonds is 5. The molecule has 142 valence electrons. The molecule has 28 heavy (non-hydrogen) atoms. The average molecular weight is 393 g/mol. The third-order valence-corrected chi connectivity index (χ3v) is 5.07.